The van der Waals surface area contributed by atoms with Crippen molar-refractivity contribution in [3.05, 3.63) is 29.8 Å². The Kier molecular flexibility index (Phi) is 3.80. The van der Waals surface area contributed by atoms with Gasteiger partial charge in [-0.05, 0) is 18.2 Å². The molecule has 1 aromatic carbocycles. The maximum absolute atomic E-state index is 11.9. The highest BCUT2D eigenvalue weighted by Crippen LogP contribution is 2.36. The fourth-order valence-corrected chi connectivity index (χ4v) is 3.40. The lowest BCUT2D eigenvalue weighted by Gasteiger charge is -2.25. The zero-order valence-electron chi connectivity index (χ0n) is 11.1. The van der Waals surface area contributed by atoms with E-state index in [0.29, 0.717) is 16.6 Å². The van der Waals surface area contributed by atoms with Gasteiger partial charge in [0.05, 0.1) is 11.4 Å². The monoisotopic (exact) mass is 320 g/mol. The third kappa shape index (κ3) is 3.01. The number of thiazole rings is 1. The Balaban J connectivity index is 1.74. The van der Waals surface area contributed by atoms with Crippen LogP contribution in [0.4, 0.5) is 21.3 Å². The van der Waals surface area contributed by atoms with E-state index in [1.54, 1.807) is 29.6 Å². The second-order valence-corrected chi connectivity index (χ2v) is 6.25. The number of fused-ring (bicyclic) bond motifs is 1. The number of thioether (sulfide) groups is 1. The average Bonchev–Trinajstić information content (AvgIpc) is 2.96. The van der Waals surface area contributed by atoms with Gasteiger partial charge in [-0.25, -0.2) is 9.78 Å². The van der Waals surface area contributed by atoms with Gasteiger partial charge in [-0.15, -0.1) is 23.1 Å². The second kappa shape index (κ2) is 5.74. The molecule has 0 bridgehead atoms. The van der Waals surface area contributed by atoms with Gasteiger partial charge in [0.1, 0.15) is 0 Å². The van der Waals surface area contributed by atoms with E-state index in [2.05, 4.69) is 15.6 Å². The highest BCUT2D eigenvalue weighted by molar-refractivity contribution is 8.00. The molecule has 21 heavy (non-hydrogen) atoms. The summed E-state index contributed by atoms with van der Waals surface area (Å²) in [5.41, 5.74) is 1.44. The number of nitrogens with zero attached hydrogens (tertiary/aromatic N) is 2. The molecule has 2 aromatic rings. The summed E-state index contributed by atoms with van der Waals surface area (Å²) in [6.07, 6.45) is 1.62. The topological polar surface area (TPSA) is 74.3 Å². The van der Waals surface area contributed by atoms with Gasteiger partial charge < -0.3 is 10.2 Å². The van der Waals surface area contributed by atoms with Crippen molar-refractivity contribution in [3.63, 3.8) is 0 Å². The smallest absolute Gasteiger partial charge is 0.314 e. The number of benzene rings is 1. The molecular weight excluding hydrogens is 308 g/mol. The maximum atomic E-state index is 11.9. The summed E-state index contributed by atoms with van der Waals surface area (Å²) in [7, 11) is 1.74. The van der Waals surface area contributed by atoms with E-state index < -0.39 is 0 Å². The van der Waals surface area contributed by atoms with Crippen molar-refractivity contribution in [1.29, 1.82) is 0 Å². The van der Waals surface area contributed by atoms with Gasteiger partial charge in [0.2, 0.25) is 5.91 Å². The predicted octanol–water partition coefficient (Wildman–Crippen LogP) is 2.86. The molecule has 1 aliphatic heterocycles. The number of anilines is 3. The van der Waals surface area contributed by atoms with E-state index in [9.17, 15) is 9.59 Å². The zero-order valence-corrected chi connectivity index (χ0v) is 12.8. The Morgan fingerprint density at radius 1 is 1.38 bits per heavy atom. The molecule has 8 heteroatoms. The van der Waals surface area contributed by atoms with Crippen LogP contribution in [0.2, 0.25) is 0 Å². The van der Waals surface area contributed by atoms with E-state index in [4.69, 9.17) is 0 Å². The Labute approximate surface area is 129 Å². The first kappa shape index (κ1) is 13.9. The number of hydrogen-bond acceptors (Lipinski definition) is 5. The van der Waals surface area contributed by atoms with Gasteiger partial charge in [-0.3, -0.25) is 10.1 Å². The normalized spacial score (nSPS) is 13.8. The van der Waals surface area contributed by atoms with Crippen molar-refractivity contribution in [2.75, 3.05) is 28.3 Å². The Morgan fingerprint density at radius 2 is 2.24 bits per heavy atom. The lowest BCUT2D eigenvalue weighted by atomic mass is 10.2. The first-order chi connectivity index (χ1) is 10.1. The molecule has 0 atom stereocenters. The quantitative estimate of drug-likeness (QED) is 0.892. The van der Waals surface area contributed by atoms with E-state index in [0.717, 1.165) is 10.6 Å². The van der Waals surface area contributed by atoms with E-state index >= 15 is 0 Å². The molecule has 1 aliphatic rings. The summed E-state index contributed by atoms with van der Waals surface area (Å²) in [6.45, 7) is 0. The number of hydrogen-bond donors (Lipinski definition) is 2. The Morgan fingerprint density at radius 3 is 3.00 bits per heavy atom. The van der Waals surface area contributed by atoms with Crippen LogP contribution >= 0.6 is 23.1 Å². The molecule has 0 fully saturated rings. The zero-order chi connectivity index (χ0) is 14.8. The van der Waals surface area contributed by atoms with Crippen LogP contribution < -0.4 is 15.5 Å². The van der Waals surface area contributed by atoms with Crippen molar-refractivity contribution in [3.8, 4) is 0 Å². The van der Waals surface area contributed by atoms with Crippen molar-refractivity contribution >= 4 is 51.5 Å². The van der Waals surface area contributed by atoms with E-state index in [1.807, 2.05) is 12.1 Å². The van der Waals surface area contributed by atoms with Gasteiger partial charge >= 0.3 is 6.03 Å². The number of rotatable bonds is 2. The molecule has 0 aliphatic carbocycles. The van der Waals surface area contributed by atoms with Crippen LogP contribution in [-0.4, -0.2) is 29.7 Å². The van der Waals surface area contributed by atoms with Crippen LogP contribution in [0.3, 0.4) is 0 Å². The van der Waals surface area contributed by atoms with Gasteiger partial charge in [0.25, 0.3) is 0 Å². The Bertz CT molecular complexity index is 687. The number of carbonyl (C=O) groups is 2. The van der Waals surface area contributed by atoms with E-state index in [-0.39, 0.29) is 11.9 Å². The molecule has 3 amide bonds. The predicted molar refractivity (Wildman–Crippen MR) is 85.3 cm³/mol. The van der Waals surface area contributed by atoms with Crippen molar-refractivity contribution in [2.45, 2.75) is 4.90 Å². The van der Waals surface area contributed by atoms with Gasteiger partial charge in [-0.2, -0.15) is 0 Å². The molecule has 0 spiro atoms. The minimum atomic E-state index is -0.359. The summed E-state index contributed by atoms with van der Waals surface area (Å²) in [5, 5.41) is 7.70. The van der Waals surface area contributed by atoms with Crippen LogP contribution in [0.5, 0.6) is 0 Å². The minimum Gasteiger partial charge on any atom is -0.314 e. The second-order valence-electron chi connectivity index (χ2n) is 4.34. The van der Waals surface area contributed by atoms with Crippen LogP contribution in [-0.2, 0) is 4.79 Å². The lowest BCUT2D eigenvalue weighted by Crippen LogP contribution is -2.31. The number of urea groups is 1. The fraction of sp³-hybridized carbons (Fsp3) is 0.154. The number of amides is 3. The molecule has 2 heterocycles. The molecule has 0 saturated carbocycles. The third-order valence-corrected chi connectivity index (χ3v) is 4.69. The summed E-state index contributed by atoms with van der Waals surface area (Å²) in [4.78, 5) is 30.2. The van der Waals surface area contributed by atoms with Crippen LogP contribution in [0.15, 0.2) is 34.7 Å². The number of nitrogens with one attached hydrogen (secondary N) is 2. The summed E-state index contributed by atoms with van der Waals surface area (Å²) in [6, 6.07) is 5.15. The molecule has 0 saturated heterocycles. The van der Waals surface area contributed by atoms with Crippen molar-refractivity contribution in [1.82, 2.24) is 4.98 Å². The number of aromatic nitrogens is 1. The first-order valence-electron chi connectivity index (χ1n) is 6.14. The van der Waals surface area contributed by atoms with Gasteiger partial charge in [0.15, 0.2) is 5.13 Å². The first-order valence-corrected chi connectivity index (χ1v) is 8.01. The molecule has 108 valence electrons. The molecule has 0 radical (unpaired) electrons. The van der Waals surface area contributed by atoms with Crippen molar-refractivity contribution < 1.29 is 9.59 Å². The van der Waals surface area contributed by atoms with Crippen LogP contribution in [0, 0.1) is 0 Å². The third-order valence-electron chi connectivity index (χ3n) is 2.96. The highest BCUT2D eigenvalue weighted by Gasteiger charge is 2.21. The minimum absolute atomic E-state index is 0.0527. The van der Waals surface area contributed by atoms with Crippen molar-refractivity contribution in [2.24, 2.45) is 0 Å². The standard InChI is InChI=1S/C13H12N4O2S2/c1-17-9-6-8(2-3-10(9)21-7-11(17)18)15-12(19)16-13-14-4-5-20-13/h2-6H,7H2,1H3,(H2,14,15,16,19). The fourth-order valence-electron chi connectivity index (χ4n) is 1.89. The SMILES string of the molecule is CN1C(=O)CSc2ccc(NC(=O)Nc3nccs3)cc21. The molecular formula is C13H12N4O2S2. The Hall–Kier alpha value is -2.06. The lowest BCUT2D eigenvalue weighted by molar-refractivity contribution is -0.116. The molecule has 1 aromatic heterocycles. The summed E-state index contributed by atoms with van der Waals surface area (Å²) < 4.78 is 0. The van der Waals surface area contributed by atoms with Crippen LogP contribution in [0.25, 0.3) is 0 Å². The van der Waals surface area contributed by atoms with Gasteiger partial charge in [-0.1, -0.05) is 0 Å². The molecule has 0 unspecified atom stereocenters. The maximum Gasteiger partial charge on any atom is 0.325 e. The molecule has 2 N–H and O–H groups in total. The number of carbonyl (C=O) groups excluding carboxylic acids is 2. The summed E-state index contributed by atoms with van der Waals surface area (Å²) >= 11 is 2.85. The largest absolute Gasteiger partial charge is 0.325 e. The average molecular weight is 320 g/mol. The summed E-state index contributed by atoms with van der Waals surface area (Å²) in [5.74, 6) is 0.498. The van der Waals surface area contributed by atoms with Crippen LogP contribution in [0.1, 0.15) is 0 Å². The van der Waals surface area contributed by atoms with E-state index in [1.165, 1.54) is 23.1 Å². The highest BCUT2D eigenvalue weighted by atomic mass is 32.2. The van der Waals surface area contributed by atoms with Gasteiger partial charge in [0, 0.05) is 29.2 Å². The molecule has 3 rings (SSSR count). The molecule has 6 nitrogen and oxygen atoms in total.